The Morgan fingerprint density at radius 1 is 1.08 bits per heavy atom. The average molecular weight is 392 g/mol. The van der Waals surface area contributed by atoms with E-state index in [1.165, 1.54) is 22.3 Å². The van der Waals surface area contributed by atoms with Gasteiger partial charge in [0.1, 0.15) is 0 Å². The van der Waals surface area contributed by atoms with E-state index in [0.717, 1.165) is 5.56 Å². The van der Waals surface area contributed by atoms with Crippen molar-refractivity contribution >= 4 is 27.5 Å². The standard InChI is InChI=1S/C20H25NO3S2/c1-14-5-8-18(13-15(14)2)25-12-11-20(22)21-16(3)17-6-9-19(10-7-17)26(4,23)24/h5-10,13,16H,11-12H2,1-4H3,(H,21,22). The van der Waals surface area contributed by atoms with Crippen molar-refractivity contribution in [3.05, 3.63) is 59.2 Å². The van der Waals surface area contributed by atoms with Crippen LogP contribution >= 0.6 is 11.8 Å². The maximum atomic E-state index is 12.1. The first kappa shape index (κ1) is 20.5. The van der Waals surface area contributed by atoms with Crippen molar-refractivity contribution in [2.75, 3.05) is 12.0 Å². The summed E-state index contributed by atoms with van der Waals surface area (Å²) in [6.45, 7) is 6.06. The first-order valence-electron chi connectivity index (χ1n) is 8.46. The van der Waals surface area contributed by atoms with Crippen LogP contribution in [0.4, 0.5) is 0 Å². The maximum absolute atomic E-state index is 12.1. The summed E-state index contributed by atoms with van der Waals surface area (Å²) >= 11 is 1.67. The van der Waals surface area contributed by atoms with Gasteiger partial charge < -0.3 is 5.32 Å². The number of thioether (sulfide) groups is 1. The molecule has 6 heteroatoms. The minimum atomic E-state index is -3.20. The van der Waals surface area contributed by atoms with E-state index in [9.17, 15) is 13.2 Å². The molecule has 0 radical (unpaired) electrons. The van der Waals surface area contributed by atoms with Gasteiger partial charge in [-0.25, -0.2) is 8.42 Å². The number of rotatable bonds is 7. The van der Waals surface area contributed by atoms with Crippen molar-refractivity contribution in [3.8, 4) is 0 Å². The monoisotopic (exact) mass is 391 g/mol. The van der Waals surface area contributed by atoms with Crippen LogP contribution in [0.3, 0.4) is 0 Å². The van der Waals surface area contributed by atoms with Gasteiger partial charge in [0.25, 0.3) is 0 Å². The highest BCUT2D eigenvalue weighted by molar-refractivity contribution is 7.99. The van der Waals surface area contributed by atoms with Crippen molar-refractivity contribution in [1.82, 2.24) is 5.32 Å². The third-order valence-electron chi connectivity index (χ3n) is 4.26. The lowest BCUT2D eigenvalue weighted by molar-refractivity contribution is -0.121. The topological polar surface area (TPSA) is 63.2 Å². The van der Waals surface area contributed by atoms with Gasteiger partial charge >= 0.3 is 0 Å². The van der Waals surface area contributed by atoms with Crippen molar-refractivity contribution in [2.45, 2.75) is 43.0 Å². The van der Waals surface area contributed by atoms with Crippen molar-refractivity contribution < 1.29 is 13.2 Å². The number of hydrogen-bond acceptors (Lipinski definition) is 4. The SMILES string of the molecule is Cc1ccc(SCCC(=O)NC(C)c2ccc(S(C)(=O)=O)cc2)cc1C. The Hall–Kier alpha value is -1.79. The van der Waals surface area contributed by atoms with Crippen LogP contribution in [0.5, 0.6) is 0 Å². The molecule has 0 bridgehead atoms. The van der Waals surface area contributed by atoms with Gasteiger partial charge in [-0.05, 0) is 61.7 Å². The van der Waals surface area contributed by atoms with Gasteiger partial charge in [0.15, 0.2) is 9.84 Å². The maximum Gasteiger partial charge on any atom is 0.221 e. The Labute approximate surface area is 160 Å². The summed E-state index contributed by atoms with van der Waals surface area (Å²) in [5.74, 6) is 0.703. The second-order valence-electron chi connectivity index (χ2n) is 6.47. The zero-order chi connectivity index (χ0) is 19.3. The summed E-state index contributed by atoms with van der Waals surface area (Å²) in [7, 11) is -3.20. The molecule has 2 rings (SSSR count). The molecule has 1 atom stereocenters. The highest BCUT2D eigenvalue weighted by Gasteiger charge is 2.12. The van der Waals surface area contributed by atoms with Crippen LogP contribution in [0.2, 0.25) is 0 Å². The predicted molar refractivity (Wildman–Crippen MR) is 107 cm³/mol. The number of amides is 1. The molecule has 0 aliphatic rings. The fourth-order valence-electron chi connectivity index (χ4n) is 2.47. The number of carbonyl (C=O) groups is 1. The molecule has 26 heavy (non-hydrogen) atoms. The average Bonchev–Trinajstić information content (AvgIpc) is 2.57. The third-order valence-corrected chi connectivity index (χ3v) is 6.39. The summed E-state index contributed by atoms with van der Waals surface area (Å²) < 4.78 is 23.0. The number of nitrogens with one attached hydrogen (secondary N) is 1. The number of aryl methyl sites for hydroxylation is 2. The summed E-state index contributed by atoms with van der Waals surface area (Å²) in [5.41, 5.74) is 3.40. The Bertz CT molecular complexity index is 874. The van der Waals surface area contributed by atoms with Gasteiger partial charge in [-0.1, -0.05) is 18.2 Å². The van der Waals surface area contributed by atoms with Crippen LogP contribution in [-0.4, -0.2) is 26.3 Å². The van der Waals surface area contributed by atoms with Gasteiger partial charge in [-0.15, -0.1) is 11.8 Å². The Balaban J connectivity index is 1.84. The van der Waals surface area contributed by atoms with E-state index in [2.05, 4.69) is 37.4 Å². The molecule has 1 N–H and O–H groups in total. The van der Waals surface area contributed by atoms with Gasteiger partial charge in [0.2, 0.25) is 5.91 Å². The predicted octanol–water partition coefficient (Wildman–Crippen LogP) is 4.07. The molecular formula is C20H25NO3S2. The van der Waals surface area contributed by atoms with E-state index in [4.69, 9.17) is 0 Å². The van der Waals surface area contributed by atoms with Crippen LogP contribution in [-0.2, 0) is 14.6 Å². The van der Waals surface area contributed by atoms with Crippen LogP contribution in [0.25, 0.3) is 0 Å². The largest absolute Gasteiger partial charge is 0.350 e. The van der Waals surface area contributed by atoms with E-state index in [-0.39, 0.29) is 16.8 Å². The minimum Gasteiger partial charge on any atom is -0.350 e. The number of carbonyl (C=O) groups excluding carboxylic acids is 1. The van der Waals surface area contributed by atoms with Crippen LogP contribution < -0.4 is 5.32 Å². The van der Waals surface area contributed by atoms with Crippen molar-refractivity contribution in [2.24, 2.45) is 0 Å². The Kier molecular flexibility index (Phi) is 6.89. The van der Waals surface area contributed by atoms with Gasteiger partial charge in [-0.2, -0.15) is 0 Å². The fourth-order valence-corrected chi connectivity index (χ4v) is 4.04. The van der Waals surface area contributed by atoms with Gasteiger partial charge in [0.05, 0.1) is 10.9 Å². The molecule has 140 valence electrons. The van der Waals surface area contributed by atoms with Crippen LogP contribution in [0.15, 0.2) is 52.3 Å². The molecule has 0 fully saturated rings. The quantitative estimate of drug-likeness (QED) is 0.723. The molecule has 0 aliphatic heterocycles. The minimum absolute atomic E-state index is 0.0129. The zero-order valence-corrected chi connectivity index (χ0v) is 17.2. The molecule has 0 heterocycles. The van der Waals surface area contributed by atoms with E-state index in [1.54, 1.807) is 36.0 Å². The molecule has 0 saturated carbocycles. The van der Waals surface area contributed by atoms with Crippen LogP contribution in [0.1, 0.15) is 36.1 Å². The molecule has 0 aromatic heterocycles. The third kappa shape index (κ3) is 5.88. The Morgan fingerprint density at radius 2 is 1.73 bits per heavy atom. The molecule has 2 aromatic carbocycles. The van der Waals surface area contributed by atoms with Gasteiger partial charge in [-0.3, -0.25) is 4.79 Å². The first-order chi connectivity index (χ1) is 12.2. The molecular weight excluding hydrogens is 366 g/mol. The zero-order valence-electron chi connectivity index (χ0n) is 15.6. The smallest absolute Gasteiger partial charge is 0.221 e. The highest BCUT2D eigenvalue weighted by Crippen LogP contribution is 2.22. The van der Waals surface area contributed by atoms with E-state index in [0.29, 0.717) is 12.2 Å². The lowest BCUT2D eigenvalue weighted by atomic mass is 10.1. The van der Waals surface area contributed by atoms with E-state index in [1.807, 2.05) is 6.92 Å². The Morgan fingerprint density at radius 3 is 2.31 bits per heavy atom. The molecule has 0 spiro atoms. The van der Waals surface area contributed by atoms with Gasteiger partial charge in [0, 0.05) is 23.3 Å². The number of hydrogen-bond donors (Lipinski definition) is 1. The first-order valence-corrected chi connectivity index (χ1v) is 11.3. The van der Waals surface area contributed by atoms with Crippen molar-refractivity contribution in [3.63, 3.8) is 0 Å². The molecule has 1 amide bonds. The van der Waals surface area contributed by atoms with Crippen molar-refractivity contribution in [1.29, 1.82) is 0 Å². The molecule has 2 aromatic rings. The lowest BCUT2D eigenvalue weighted by Gasteiger charge is -2.15. The second kappa shape index (κ2) is 8.73. The molecule has 4 nitrogen and oxygen atoms in total. The summed E-state index contributed by atoms with van der Waals surface area (Å²) in [4.78, 5) is 13.6. The molecule has 1 unspecified atom stereocenters. The summed E-state index contributed by atoms with van der Waals surface area (Å²) in [6.07, 6.45) is 1.61. The lowest BCUT2D eigenvalue weighted by Crippen LogP contribution is -2.26. The molecule has 0 aliphatic carbocycles. The summed E-state index contributed by atoms with van der Waals surface area (Å²) in [5, 5.41) is 2.96. The molecule has 0 saturated heterocycles. The highest BCUT2D eigenvalue weighted by atomic mass is 32.2. The fraction of sp³-hybridized carbons (Fsp3) is 0.350. The number of sulfone groups is 1. The van der Waals surface area contributed by atoms with Crippen LogP contribution in [0, 0.1) is 13.8 Å². The van der Waals surface area contributed by atoms with E-state index < -0.39 is 9.84 Å². The normalized spacial score (nSPS) is 12.6. The second-order valence-corrected chi connectivity index (χ2v) is 9.66. The van der Waals surface area contributed by atoms with E-state index >= 15 is 0 Å². The number of benzene rings is 2. The summed E-state index contributed by atoms with van der Waals surface area (Å²) in [6, 6.07) is 12.8.